The van der Waals surface area contributed by atoms with E-state index in [9.17, 15) is 39.9 Å². The highest BCUT2D eigenvalue weighted by Gasteiger charge is 2.50. The molecule has 5 rings (SSSR count). The van der Waals surface area contributed by atoms with Crippen molar-refractivity contribution >= 4 is 17.3 Å². The van der Waals surface area contributed by atoms with Crippen molar-refractivity contribution in [2.24, 2.45) is 5.73 Å². The highest BCUT2D eigenvalue weighted by molar-refractivity contribution is 6.31. The molecule has 12 heteroatoms. The molecule has 3 aliphatic rings. The Labute approximate surface area is 222 Å². The molecule has 0 aromatic heterocycles. The van der Waals surface area contributed by atoms with Crippen molar-refractivity contribution in [2.45, 2.75) is 62.4 Å². The summed E-state index contributed by atoms with van der Waals surface area (Å²) in [5.41, 5.74) is 2.37. The summed E-state index contributed by atoms with van der Waals surface area (Å²) in [6, 6.07) is 3.64. The average Bonchev–Trinajstić information content (AvgIpc) is 2.90. The maximum atomic E-state index is 13.6. The lowest BCUT2D eigenvalue weighted by Crippen LogP contribution is -2.53. The quantitative estimate of drug-likeness (QED) is 0.235. The van der Waals surface area contributed by atoms with E-state index in [0.29, 0.717) is 0 Å². The van der Waals surface area contributed by atoms with Gasteiger partial charge < -0.3 is 45.5 Å². The normalized spacial score (nSPS) is 29.8. The van der Waals surface area contributed by atoms with Crippen LogP contribution in [0.2, 0.25) is 0 Å². The summed E-state index contributed by atoms with van der Waals surface area (Å²) in [6.45, 7) is 0.560. The molecule has 208 valence electrons. The number of benzene rings is 2. The van der Waals surface area contributed by atoms with Crippen molar-refractivity contribution in [2.75, 3.05) is 13.7 Å². The van der Waals surface area contributed by atoms with Crippen LogP contribution in [0.15, 0.2) is 18.2 Å². The van der Waals surface area contributed by atoms with E-state index in [2.05, 4.69) is 0 Å². The largest absolute Gasteiger partial charge is 0.507 e. The summed E-state index contributed by atoms with van der Waals surface area (Å²) in [7, 11) is 1.32. The van der Waals surface area contributed by atoms with Crippen LogP contribution in [0.25, 0.3) is 0 Å². The van der Waals surface area contributed by atoms with Crippen LogP contribution in [0.5, 0.6) is 17.2 Å². The minimum atomic E-state index is -2.24. The standard InChI is InChI=1S/C27H29NO11/c1-10-22(31)13(28)6-17(38-10)39-15-8-27(36,16(30)9-29)7-12-19(15)26(35)21-20(24(12)33)23(32)11-4-3-5-14(37-2)18(11)25(21)34/h3-5,10,13,15,17,22,29,31,33,35-36H,6-9,28H2,1-2H3/t10-,13?,15+,17?,22?,27+/m1/s1. The third kappa shape index (κ3) is 4.11. The minimum absolute atomic E-state index is 0.0173. The first-order chi connectivity index (χ1) is 18.4. The van der Waals surface area contributed by atoms with Gasteiger partial charge in [0.05, 0.1) is 42.1 Å². The Morgan fingerprint density at radius 1 is 1.15 bits per heavy atom. The van der Waals surface area contributed by atoms with Crippen LogP contribution in [-0.2, 0) is 20.7 Å². The van der Waals surface area contributed by atoms with Crippen LogP contribution in [0.4, 0.5) is 0 Å². The molecule has 0 saturated carbocycles. The molecular weight excluding hydrogens is 514 g/mol. The smallest absolute Gasteiger partial charge is 0.202 e. The SMILES string of the molecule is COc1cccc2c1C(=O)c1c(O)c3c(c(O)c1C2=O)C[C@@](O)(C(=O)CO)C[C@@H]3OC1CC(N)C(O)[C@@H](C)O1. The van der Waals surface area contributed by atoms with Gasteiger partial charge in [0.1, 0.15) is 29.5 Å². The maximum Gasteiger partial charge on any atom is 0.202 e. The predicted molar refractivity (Wildman–Crippen MR) is 132 cm³/mol. The first-order valence-electron chi connectivity index (χ1n) is 12.4. The molecule has 0 bridgehead atoms. The van der Waals surface area contributed by atoms with Gasteiger partial charge in [-0.3, -0.25) is 14.4 Å². The zero-order chi connectivity index (χ0) is 28.4. The Morgan fingerprint density at radius 3 is 2.49 bits per heavy atom. The number of aliphatic hydroxyl groups excluding tert-OH is 2. The molecule has 1 heterocycles. The molecule has 0 radical (unpaired) electrons. The van der Waals surface area contributed by atoms with Crippen LogP contribution in [0.1, 0.15) is 68.8 Å². The molecule has 6 atom stereocenters. The van der Waals surface area contributed by atoms with E-state index in [-0.39, 0.29) is 34.4 Å². The molecule has 2 aliphatic carbocycles. The summed E-state index contributed by atoms with van der Waals surface area (Å²) in [5.74, 6) is -3.77. The second kappa shape index (κ2) is 9.66. The monoisotopic (exact) mass is 543 g/mol. The zero-order valence-electron chi connectivity index (χ0n) is 21.2. The van der Waals surface area contributed by atoms with E-state index < -0.39 is 95.7 Å². The van der Waals surface area contributed by atoms with Crippen LogP contribution < -0.4 is 10.5 Å². The van der Waals surface area contributed by atoms with Crippen molar-refractivity contribution in [3.05, 3.63) is 51.6 Å². The van der Waals surface area contributed by atoms with E-state index in [0.717, 1.165) is 0 Å². The molecular formula is C27H29NO11. The zero-order valence-corrected chi connectivity index (χ0v) is 21.2. The number of ketones is 3. The summed E-state index contributed by atoms with van der Waals surface area (Å²) in [6.07, 6.45) is -5.12. The molecule has 2 aromatic carbocycles. The number of carbonyl (C=O) groups excluding carboxylic acids is 3. The Balaban J connectivity index is 1.69. The number of hydrogen-bond donors (Lipinski definition) is 6. The number of Topliss-reactive ketones (excluding diaryl/α,β-unsaturated/α-hetero) is 1. The van der Waals surface area contributed by atoms with Crippen LogP contribution >= 0.6 is 0 Å². The van der Waals surface area contributed by atoms with E-state index in [4.69, 9.17) is 19.9 Å². The van der Waals surface area contributed by atoms with E-state index >= 15 is 0 Å². The van der Waals surface area contributed by atoms with Gasteiger partial charge >= 0.3 is 0 Å². The van der Waals surface area contributed by atoms with E-state index in [1.165, 1.54) is 25.3 Å². The summed E-state index contributed by atoms with van der Waals surface area (Å²) in [5, 5.41) is 53.7. The minimum Gasteiger partial charge on any atom is -0.507 e. The van der Waals surface area contributed by atoms with Gasteiger partial charge in [0.15, 0.2) is 17.9 Å². The lowest BCUT2D eigenvalue weighted by molar-refractivity contribution is -0.247. The third-order valence-electron chi connectivity index (χ3n) is 7.81. The van der Waals surface area contributed by atoms with Crippen molar-refractivity contribution in [1.29, 1.82) is 0 Å². The Hall–Kier alpha value is -3.39. The van der Waals surface area contributed by atoms with Gasteiger partial charge in [-0.2, -0.15) is 0 Å². The van der Waals surface area contributed by atoms with E-state index in [1.807, 2.05) is 0 Å². The van der Waals surface area contributed by atoms with Gasteiger partial charge in [0.25, 0.3) is 0 Å². The Kier molecular flexibility index (Phi) is 6.74. The molecule has 1 aliphatic heterocycles. The number of aromatic hydroxyl groups is 2. The summed E-state index contributed by atoms with van der Waals surface area (Å²) in [4.78, 5) is 39.7. The Bertz CT molecular complexity index is 1380. The molecule has 39 heavy (non-hydrogen) atoms. The van der Waals surface area contributed by atoms with Crippen molar-refractivity contribution in [3.63, 3.8) is 0 Å². The van der Waals surface area contributed by atoms with Gasteiger partial charge in [-0.25, -0.2) is 0 Å². The molecule has 3 unspecified atom stereocenters. The first kappa shape index (κ1) is 27.2. The van der Waals surface area contributed by atoms with Gasteiger partial charge in [0, 0.05) is 42.0 Å². The molecule has 7 N–H and O–H groups in total. The fourth-order valence-electron chi connectivity index (χ4n) is 5.75. The van der Waals surface area contributed by atoms with Crippen LogP contribution in [0, 0.1) is 0 Å². The van der Waals surface area contributed by atoms with Crippen molar-refractivity contribution in [3.8, 4) is 17.2 Å². The summed E-state index contributed by atoms with van der Waals surface area (Å²) < 4.78 is 17.0. The van der Waals surface area contributed by atoms with Gasteiger partial charge in [-0.05, 0) is 13.0 Å². The van der Waals surface area contributed by atoms with Gasteiger partial charge in [-0.15, -0.1) is 0 Å². The second-order valence-electron chi connectivity index (χ2n) is 10.2. The maximum absolute atomic E-state index is 13.6. The number of aliphatic hydroxyl groups is 3. The second-order valence-corrected chi connectivity index (χ2v) is 10.2. The topological polar surface area (TPSA) is 206 Å². The fourth-order valence-corrected chi connectivity index (χ4v) is 5.75. The highest BCUT2D eigenvalue weighted by Crippen LogP contribution is 2.52. The molecule has 12 nitrogen and oxygen atoms in total. The molecule has 2 aromatic rings. The molecule has 1 saturated heterocycles. The number of hydrogen-bond acceptors (Lipinski definition) is 12. The number of nitrogens with two attached hydrogens (primary N) is 1. The fraction of sp³-hybridized carbons (Fsp3) is 0.444. The lowest BCUT2D eigenvalue weighted by Gasteiger charge is -2.42. The number of methoxy groups -OCH3 is 1. The Morgan fingerprint density at radius 2 is 1.85 bits per heavy atom. The molecule has 1 fully saturated rings. The number of rotatable bonds is 5. The predicted octanol–water partition coefficient (Wildman–Crippen LogP) is 0.00130. The third-order valence-corrected chi connectivity index (χ3v) is 7.81. The lowest BCUT2D eigenvalue weighted by atomic mass is 9.72. The number of ether oxygens (including phenoxy) is 3. The number of carbonyl (C=O) groups is 3. The van der Waals surface area contributed by atoms with Gasteiger partial charge in [0.2, 0.25) is 5.78 Å². The van der Waals surface area contributed by atoms with Crippen molar-refractivity contribution in [1.82, 2.24) is 0 Å². The number of fused-ring (bicyclic) bond motifs is 3. The van der Waals surface area contributed by atoms with E-state index in [1.54, 1.807) is 6.92 Å². The van der Waals surface area contributed by atoms with Crippen LogP contribution in [-0.4, -0.2) is 86.7 Å². The highest BCUT2D eigenvalue weighted by atomic mass is 16.7. The molecule has 0 amide bonds. The first-order valence-corrected chi connectivity index (χ1v) is 12.4. The van der Waals surface area contributed by atoms with Crippen LogP contribution in [0.3, 0.4) is 0 Å². The number of phenolic OH excluding ortho intramolecular Hbond substituents is 2. The number of phenols is 2. The molecule has 0 spiro atoms. The summed E-state index contributed by atoms with van der Waals surface area (Å²) >= 11 is 0. The van der Waals surface area contributed by atoms with Crippen molar-refractivity contribution < 1.29 is 54.1 Å². The van der Waals surface area contributed by atoms with Gasteiger partial charge in [-0.1, -0.05) is 12.1 Å². The average molecular weight is 544 g/mol.